The minimum Gasteiger partial charge on any atom is -0.523 e. The van der Waals surface area contributed by atoms with Gasteiger partial charge in [-0.25, -0.2) is 4.79 Å². The number of primary amides is 1. The van der Waals surface area contributed by atoms with E-state index in [1.807, 2.05) is 0 Å². The number of nitrogens with two attached hydrogens (primary N) is 2. The number of amides is 2. The molecule has 0 heterocycles. The molecule has 199 valence electrons. The first-order valence-electron chi connectivity index (χ1n) is 12.2. The van der Waals surface area contributed by atoms with E-state index < -0.39 is 41.6 Å². The summed E-state index contributed by atoms with van der Waals surface area (Å²) in [6.07, 6.45) is 2.64. The topological polar surface area (TPSA) is 120 Å². The molecule has 4 rings (SSSR count). The zero-order valence-electron chi connectivity index (χ0n) is 20.6. The molecule has 4 aliphatic carbocycles. The summed E-state index contributed by atoms with van der Waals surface area (Å²) in [7, 11) is 1.50. The Morgan fingerprint density at radius 3 is 2.47 bits per heavy atom. The summed E-state index contributed by atoms with van der Waals surface area (Å²) in [5.41, 5.74) is 7.41. The van der Waals surface area contributed by atoms with Crippen molar-refractivity contribution in [2.24, 2.45) is 39.6 Å². The van der Waals surface area contributed by atoms with E-state index in [-0.39, 0.29) is 23.2 Å². The summed E-state index contributed by atoms with van der Waals surface area (Å²) in [5, 5.41) is 2.50. The largest absolute Gasteiger partial charge is 0.523 e. The lowest BCUT2D eigenvalue weighted by molar-refractivity contribution is -0.120. The zero-order valence-corrected chi connectivity index (χ0v) is 20.6. The monoisotopic (exact) mass is 513 g/mol. The van der Waals surface area contributed by atoms with Gasteiger partial charge in [-0.15, -0.1) is 0 Å². The van der Waals surface area contributed by atoms with E-state index >= 15 is 0 Å². The standard InChI is InChI=1S/C24H34BF4N4O3/c1-22(2,13-26)6-7-32-19(24(27,28)29)17(12-30)20(34)33-18-15-5-3-4-14(8-15)9-23(10-16(18)11-23)25-36-21(31)35/h6-7,12,14-16,18H,3-5,8-11,13,30H2,1-2H3,(H2,31,35)(H,33,34)/b7-6+,17-12?,32-19?/t14?,15?,16?,18-,23?/m1/s1. The lowest BCUT2D eigenvalue weighted by Crippen LogP contribution is -2.56. The van der Waals surface area contributed by atoms with Gasteiger partial charge in [0.1, 0.15) is 0 Å². The van der Waals surface area contributed by atoms with Crippen LogP contribution in [0.2, 0.25) is 5.31 Å². The number of carbonyl (C=O) groups excluding carboxylic acids is 2. The molecular weight excluding hydrogens is 479 g/mol. The van der Waals surface area contributed by atoms with Crippen LogP contribution in [0, 0.1) is 23.2 Å². The van der Waals surface area contributed by atoms with E-state index in [0.29, 0.717) is 25.0 Å². The molecule has 0 aromatic carbocycles. The van der Waals surface area contributed by atoms with E-state index in [4.69, 9.17) is 16.1 Å². The highest BCUT2D eigenvalue weighted by molar-refractivity contribution is 6.35. The molecule has 4 aliphatic rings. The third-order valence-corrected chi connectivity index (χ3v) is 7.60. The molecule has 3 atom stereocenters. The van der Waals surface area contributed by atoms with Gasteiger partial charge < -0.3 is 21.4 Å². The van der Waals surface area contributed by atoms with Gasteiger partial charge in [0.2, 0.25) is 0 Å². The van der Waals surface area contributed by atoms with Crippen molar-refractivity contribution in [3.63, 3.8) is 0 Å². The SMILES string of the molecule is CC(C)(/C=C/N=C(C(=CN)C(=O)N[C@@H]1C2CCCC(C2)CC2([B]OC(N)=O)CC1C2)C(F)(F)F)CF. The summed E-state index contributed by atoms with van der Waals surface area (Å²) in [5.74, 6) is -0.447. The minimum atomic E-state index is -4.95. The van der Waals surface area contributed by atoms with Crippen LogP contribution in [0.3, 0.4) is 0 Å². The molecule has 1 radical (unpaired) electrons. The highest BCUT2D eigenvalue weighted by Gasteiger charge is 2.55. The van der Waals surface area contributed by atoms with Gasteiger partial charge >= 0.3 is 19.8 Å². The van der Waals surface area contributed by atoms with Crippen LogP contribution in [-0.4, -0.2) is 44.1 Å². The Labute approximate surface area is 209 Å². The van der Waals surface area contributed by atoms with Crippen LogP contribution in [-0.2, 0) is 9.45 Å². The summed E-state index contributed by atoms with van der Waals surface area (Å²) in [4.78, 5) is 27.8. The maximum Gasteiger partial charge on any atom is 0.434 e. The van der Waals surface area contributed by atoms with Crippen LogP contribution < -0.4 is 16.8 Å². The normalized spacial score (nSPS) is 31.2. The fourth-order valence-electron chi connectivity index (χ4n) is 5.92. The molecular formula is C24H34BF4N4O3. The summed E-state index contributed by atoms with van der Waals surface area (Å²) in [6, 6.07) is -0.346. The first-order chi connectivity index (χ1) is 16.8. The first kappa shape index (κ1) is 28.1. The third kappa shape index (κ3) is 6.62. The molecule has 0 aromatic heterocycles. The maximum atomic E-state index is 13.8. The first-order valence-corrected chi connectivity index (χ1v) is 12.2. The average Bonchev–Trinajstić information content (AvgIpc) is 2.77. The van der Waals surface area contributed by atoms with E-state index in [0.717, 1.165) is 38.3 Å². The number of hydrogen-bond acceptors (Lipinski definition) is 5. The van der Waals surface area contributed by atoms with Crippen molar-refractivity contribution in [3.05, 3.63) is 24.0 Å². The predicted octanol–water partition coefficient (Wildman–Crippen LogP) is 4.32. The molecule has 7 nitrogen and oxygen atoms in total. The van der Waals surface area contributed by atoms with Crippen molar-refractivity contribution < 1.29 is 31.8 Å². The number of nitrogens with zero attached hydrogens (tertiary/aromatic N) is 1. The van der Waals surface area contributed by atoms with E-state index in [1.54, 1.807) is 0 Å². The molecule has 5 N–H and O–H groups in total. The molecule has 2 unspecified atom stereocenters. The van der Waals surface area contributed by atoms with Crippen LogP contribution in [0.1, 0.15) is 58.8 Å². The molecule has 0 saturated heterocycles. The molecule has 4 fully saturated rings. The van der Waals surface area contributed by atoms with E-state index in [1.165, 1.54) is 27.4 Å². The molecule has 0 aromatic rings. The molecule has 0 spiro atoms. The van der Waals surface area contributed by atoms with Crippen molar-refractivity contribution in [2.75, 3.05) is 6.67 Å². The van der Waals surface area contributed by atoms with Crippen molar-refractivity contribution >= 4 is 25.2 Å². The Bertz CT molecular complexity index is 929. The van der Waals surface area contributed by atoms with Gasteiger partial charge in [-0.2, -0.15) is 13.2 Å². The molecule has 4 saturated carbocycles. The van der Waals surface area contributed by atoms with Gasteiger partial charge in [0, 0.05) is 23.9 Å². The Balaban J connectivity index is 1.81. The molecule has 0 aliphatic heterocycles. The Hall–Kier alpha value is -2.53. The smallest absolute Gasteiger partial charge is 0.434 e. The van der Waals surface area contributed by atoms with Gasteiger partial charge in [0.15, 0.2) is 5.71 Å². The van der Waals surface area contributed by atoms with Crippen LogP contribution in [0.5, 0.6) is 0 Å². The van der Waals surface area contributed by atoms with Gasteiger partial charge in [0.25, 0.3) is 5.91 Å². The van der Waals surface area contributed by atoms with E-state index in [2.05, 4.69) is 10.3 Å². The second-order valence-electron chi connectivity index (χ2n) is 11.1. The number of rotatable bonds is 8. The highest BCUT2D eigenvalue weighted by atomic mass is 19.4. The van der Waals surface area contributed by atoms with Gasteiger partial charge in [-0.05, 0) is 55.2 Å². The second-order valence-corrected chi connectivity index (χ2v) is 11.1. The van der Waals surface area contributed by atoms with Gasteiger partial charge in [-0.3, -0.25) is 14.2 Å². The Kier molecular flexibility index (Phi) is 8.45. The highest BCUT2D eigenvalue weighted by Crippen LogP contribution is 2.61. The molecule has 4 bridgehead atoms. The average molecular weight is 513 g/mol. The summed E-state index contributed by atoms with van der Waals surface area (Å²) in [6.45, 7) is 2.24. The number of halogens is 4. The lowest BCUT2D eigenvalue weighted by Gasteiger charge is -2.56. The van der Waals surface area contributed by atoms with Crippen molar-refractivity contribution in [2.45, 2.75) is 76.3 Å². The summed E-state index contributed by atoms with van der Waals surface area (Å²) < 4.78 is 59.5. The maximum absolute atomic E-state index is 13.8. The van der Waals surface area contributed by atoms with Crippen LogP contribution >= 0.6 is 0 Å². The van der Waals surface area contributed by atoms with Gasteiger partial charge in [0.05, 0.1) is 12.2 Å². The number of alkyl halides is 4. The number of allylic oxidation sites excluding steroid dienone is 1. The van der Waals surface area contributed by atoms with Crippen molar-refractivity contribution in [1.82, 2.24) is 5.32 Å². The quantitative estimate of drug-likeness (QED) is 0.194. The molecule has 2 amide bonds. The number of carbonyl (C=O) groups is 2. The van der Waals surface area contributed by atoms with Crippen LogP contribution in [0.4, 0.5) is 22.4 Å². The van der Waals surface area contributed by atoms with Crippen molar-refractivity contribution in [3.8, 4) is 0 Å². The third-order valence-electron chi connectivity index (χ3n) is 7.60. The van der Waals surface area contributed by atoms with Crippen LogP contribution in [0.25, 0.3) is 0 Å². The fourth-order valence-corrected chi connectivity index (χ4v) is 5.92. The lowest BCUT2D eigenvalue weighted by atomic mass is 9.41. The van der Waals surface area contributed by atoms with Crippen LogP contribution in [0.15, 0.2) is 29.0 Å². The zero-order chi connectivity index (χ0) is 26.7. The molecule has 12 heteroatoms. The Morgan fingerprint density at radius 2 is 1.89 bits per heavy atom. The Morgan fingerprint density at radius 1 is 1.19 bits per heavy atom. The van der Waals surface area contributed by atoms with Crippen molar-refractivity contribution in [1.29, 1.82) is 0 Å². The fraction of sp³-hybridized carbons (Fsp3) is 0.708. The predicted molar refractivity (Wildman–Crippen MR) is 128 cm³/mol. The van der Waals surface area contributed by atoms with Gasteiger partial charge in [-0.1, -0.05) is 32.8 Å². The molecule has 36 heavy (non-hydrogen) atoms. The number of aliphatic imine (C=N–C) groups is 1. The number of hydrogen-bond donors (Lipinski definition) is 3. The second kappa shape index (κ2) is 10.8. The summed E-state index contributed by atoms with van der Waals surface area (Å²) >= 11 is 0. The minimum absolute atomic E-state index is 0.0151. The number of nitrogens with one attached hydrogen (secondary N) is 1. The van der Waals surface area contributed by atoms with E-state index in [9.17, 15) is 27.2 Å².